The van der Waals surface area contributed by atoms with Crippen molar-refractivity contribution in [2.75, 3.05) is 11.5 Å². The predicted molar refractivity (Wildman–Crippen MR) is 79.5 cm³/mol. The van der Waals surface area contributed by atoms with E-state index in [2.05, 4.69) is 0 Å². The van der Waals surface area contributed by atoms with E-state index in [4.69, 9.17) is 11.5 Å². The minimum atomic E-state index is -6.42. The number of rotatable bonds is 4. The van der Waals surface area contributed by atoms with Gasteiger partial charge in [-0.2, -0.15) is 30.7 Å². The molecule has 136 valence electrons. The zero-order chi connectivity index (χ0) is 19.0. The zero-order valence-electron chi connectivity index (χ0n) is 12.5. The number of anilines is 2. The van der Waals surface area contributed by atoms with Crippen molar-refractivity contribution in [3.05, 3.63) is 59.7 Å². The van der Waals surface area contributed by atoms with Gasteiger partial charge in [-0.25, -0.2) is 0 Å². The second-order valence-corrected chi connectivity index (χ2v) is 5.46. The molecule has 0 aliphatic rings. The average molecular weight is 366 g/mol. The number of nitrogens with two attached hydrogens (primary N) is 2. The third kappa shape index (κ3) is 3.35. The first-order valence-corrected chi connectivity index (χ1v) is 6.91. The minimum Gasteiger partial charge on any atom is -0.399 e. The summed E-state index contributed by atoms with van der Waals surface area (Å²) in [5, 5.41) is 0. The van der Waals surface area contributed by atoms with Gasteiger partial charge in [-0.15, -0.1) is 0 Å². The van der Waals surface area contributed by atoms with Gasteiger partial charge in [0.15, 0.2) is 0 Å². The molecule has 0 amide bonds. The van der Waals surface area contributed by atoms with E-state index in [-0.39, 0.29) is 11.4 Å². The first-order valence-electron chi connectivity index (χ1n) is 6.91. The third-order valence-electron chi connectivity index (χ3n) is 3.68. The van der Waals surface area contributed by atoms with Gasteiger partial charge in [-0.1, -0.05) is 24.3 Å². The van der Waals surface area contributed by atoms with Gasteiger partial charge in [0.2, 0.25) is 0 Å². The SMILES string of the molecule is Nc1ccc(C(c2ccc(N)cc2)C(F)(F)C(F)(F)C(F)(F)F)cc1. The molecular formula is C16H13F7N2. The number of benzene rings is 2. The van der Waals surface area contributed by atoms with Crippen molar-refractivity contribution in [3.8, 4) is 0 Å². The van der Waals surface area contributed by atoms with Gasteiger partial charge in [0, 0.05) is 11.4 Å². The maximum atomic E-state index is 14.4. The van der Waals surface area contributed by atoms with Gasteiger partial charge in [0.05, 0.1) is 5.92 Å². The van der Waals surface area contributed by atoms with Crippen LogP contribution in [0.1, 0.15) is 17.0 Å². The van der Waals surface area contributed by atoms with Gasteiger partial charge in [0.1, 0.15) is 0 Å². The lowest BCUT2D eigenvalue weighted by Crippen LogP contribution is -2.55. The van der Waals surface area contributed by atoms with Crippen LogP contribution in [0.3, 0.4) is 0 Å². The van der Waals surface area contributed by atoms with Crippen molar-refractivity contribution in [2.24, 2.45) is 0 Å². The van der Waals surface area contributed by atoms with E-state index in [0.717, 1.165) is 48.5 Å². The summed E-state index contributed by atoms with van der Waals surface area (Å²) in [6, 6.07) is 8.49. The summed E-state index contributed by atoms with van der Waals surface area (Å²) in [5.74, 6) is -14.2. The van der Waals surface area contributed by atoms with Gasteiger partial charge in [0.25, 0.3) is 0 Å². The zero-order valence-corrected chi connectivity index (χ0v) is 12.5. The molecule has 0 unspecified atom stereocenters. The van der Waals surface area contributed by atoms with Crippen LogP contribution in [0.2, 0.25) is 0 Å². The van der Waals surface area contributed by atoms with Crippen LogP contribution < -0.4 is 11.5 Å². The first kappa shape index (κ1) is 18.9. The van der Waals surface area contributed by atoms with Crippen LogP contribution in [0, 0.1) is 0 Å². The normalized spacial score (nSPS) is 13.3. The van der Waals surface area contributed by atoms with E-state index in [1.165, 1.54) is 0 Å². The maximum absolute atomic E-state index is 14.4. The Hall–Kier alpha value is -2.45. The van der Waals surface area contributed by atoms with Gasteiger partial charge in [-0.3, -0.25) is 0 Å². The minimum absolute atomic E-state index is 0.144. The molecule has 0 aromatic heterocycles. The van der Waals surface area contributed by atoms with Gasteiger partial charge < -0.3 is 11.5 Å². The summed E-state index contributed by atoms with van der Waals surface area (Å²) in [6.45, 7) is 0. The second-order valence-electron chi connectivity index (χ2n) is 5.46. The molecule has 0 saturated carbocycles. The molecule has 2 rings (SSSR count). The number of nitrogen functional groups attached to an aromatic ring is 2. The molecule has 0 atom stereocenters. The third-order valence-corrected chi connectivity index (χ3v) is 3.68. The van der Waals surface area contributed by atoms with E-state index < -0.39 is 35.1 Å². The molecule has 0 fully saturated rings. The monoisotopic (exact) mass is 366 g/mol. The summed E-state index contributed by atoms with van der Waals surface area (Å²) in [4.78, 5) is 0. The highest BCUT2D eigenvalue weighted by Crippen LogP contribution is 2.54. The Morgan fingerprint density at radius 2 is 0.920 bits per heavy atom. The van der Waals surface area contributed by atoms with Crippen molar-refractivity contribution < 1.29 is 30.7 Å². The number of hydrogen-bond acceptors (Lipinski definition) is 2. The lowest BCUT2D eigenvalue weighted by Gasteiger charge is -2.34. The smallest absolute Gasteiger partial charge is 0.399 e. The van der Waals surface area contributed by atoms with Crippen LogP contribution in [-0.4, -0.2) is 18.0 Å². The quantitative estimate of drug-likeness (QED) is 0.602. The average Bonchev–Trinajstić information content (AvgIpc) is 2.50. The predicted octanol–water partition coefficient (Wildman–Crippen LogP) is 4.82. The lowest BCUT2D eigenvalue weighted by molar-refractivity contribution is -0.357. The summed E-state index contributed by atoms with van der Waals surface area (Å²) in [6.07, 6.45) is -6.42. The molecule has 25 heavy (non-hydrogen) atoms. The van der Waals surface area contributed by atoms with Crippen LogP contribution in [0.25, 0.3) is 0 Å². The Kier molecular flexibility index (Phi) is 4.63. The molecule has 0 aliphatic carbocycles. The number of hydrogen-bond donors (Lipinski definition) is 2. The van der Waals surface area contributed by atoms with E-state index in [0.29, 0.717) is 0 Å². The largest absolute Gasteiger partial charge is 0.459 e. The molecule has 0 saturated heterocycles. The summed E-state index contributed by atoms with van der Waals surface area (Å²) < 4.78 is 93.7. The molecule has 0 aliphatic heterocycles. The van der Waals surface area contributed by atoms with Crippen LogP contribution in [0.4, 0.5) is 42.1 Å². The Morgan fingerprint density at radius 3 is 1.20 bits per heavy atom. The fourth-order valence-electron chi connectivity index (χ4n) is 2.36. The Balaban J connectivity index is 2.66. The summed E-state index contributed by atoms with van der Waals surface area (Å²) in [7, 11) is 0. The van der Waals surface area contributed by atoms with Crippen LogP contribution in [-0.2, 0) is 0 Å². The molecule has 2 nitrogen and oxygen atoms in total. The molecular weight excluding hydrogens is 353 g/mol. The van der Waals surface area contributed by atoms with Gasteiger partial charge in [-0.05, 0) is 35.4 Å². The van der Waals surface area contributed by atoms with Crippen LogP contribution in [0.15, 0.2) is 48.5 Å². The van der Waals surface area contributed by atoms with Crippen LogP contribution in [0.5, 0.6) is 0 Å². The van der Waals surface area contributed by atoms with Crippen molar-refractivity contribution in [1.29, 1.82) is 0 Å². The fraction of sp³-hybridized carbons (Fsp3) is 0.250. The Bertz CT molecular complexity index is 676. The lowest BCUT2D eigenvalue weighted by atomic mass is 9.82. The molecule has 2 aromatic carbocycles. The highest BCUT2D eigenvalue weighted by molar-refractivity contribution is 5.47. The van der Waals surface area contributed by atoms with E-state index >= 15 is 0 Å². The molecule has 2 aromatic rings. The van der Waals surface area contributed by atoms with E-state index in [1.54, 1.807) is 0 Å². The molecule has 0 spiro atoms. The standard InChI is InChI=1S/C16H13F7N2/c17-14(18,15(19,20)16(21,22)23)13(9-1-5-11(24)6-2-9)10-3-7-12(25)8-4-10/h1-8,13H,24-25H2. The van der Waals surface area contributed by atoms with E-state index in [9.17, 15) is 30.7 Å². The number of alkyl halides is 7. The Morgan fingerprint density at radius 1 is 0.600 bits per heavy atom. The molecule has 0 heterocycles. The maximum Gasteiger partial charge on any atom is 0.459 e. The van der Waals surface area contributed by atoms with Crippen LogP contribution >= 0.6 is 0 Å². The van der Waals surface area contributed by atoms with Crippen molar-refractivity contribution in [2.45, 2.75) is 23.9 Å². The first-order chi connectivity index (χ1) is 11.4. The summed E-state index contributed by atoms with van der Waals surface area (Å²) >= 11 is 0. The molecule has 0 radical (unpaired) electrons. The van der Waals surface area contributed by atoms with Crippen molar-refractivity contribution >= 4 is 11.4 Å². The molecule has 0 bridgehead atoms. The van der Waals surface area contributed by atoms with E-state index in [1.807, 2.05) is 0 Å². The second kappa shape index (κ2) is 6.12. The van der Waals surface area contributed by atoms with Crippen molar-refractivity contribution in [1.82, 2.24) is 0 Å². The highest BCUT2D eigenvalue weighted by Gasteiger charge is 2.75. The Labute approximate surface area is 138 Å². The number of halogens is 7. The highest BCUT2D eigenvalue weighted by atomic mass is 19.4. The molecule has 4 N–H and O–H groups in total. The van der Waals surface area contributed by atoms with Gasteiger partial charge >= 0.3 is 18.0 Å². The fourth-order valence-corrected chi connectivity index (χ4v) is 2.36. The van der Waals surface area contributed by atoms with Crippen molar-refractivity contribution in [3.63, 3.8) is 0 Å². The molecule has 9 heteroatoms. The summed E-state index contributed by atoms with van der Waals surface area (Å²) in [5.41, 5.74) is 10.2. The topological polar surface area (TPSA) is 52.0 Å².